The number of carbonyl (C=O) groups excluding carboxylic acids is 1. The lowest BCUT2D eigenvalue weighted by atomic mass is 10.1. The highest BCUT2D eigenvalue weighted by Crippen LogP contribution is 2.20. The first-order valence-electron chi connectivity index (χ1n) is 6.62. The van der Waals surface area contributed by atoms with E-state index in [1.54, 1.807) is 18.2 Å². The normalized spacial score (nSPS) is 11.0. The summed E-state index contributed by atoms with van der Waals surface area (Å²) in [6.07, 6.45) is 3.17. The number of aromatic nitrogens is 2. The fraction of sp³-hybridized carbons (Fsp3) is 0.267. The molecule has 22 heavy (non-hydrogen) atoms. The Kier molecular flexibility index (Phi) is 5.32. The average molecular weight is 367 g/mol. The number of hydrogen-bond acceptors (Lipinski definition) is 5. The number of ether oxygens (including phenoxy) is 2. The summed E-state index contributed by atoms with van der Waals surface area (Å²) in [4.78, 5) is 23.9. The van der Waals surface area contributed by atoms with Gasteiger partial charge in [-0.05, 0) is 19.1 Å². The molecule has 116 valence electrons. The van der Waals surface area contributed by atoms with Crippen molar-refractivity contribution in [3.8, 4) is 0 Å². The van der Waals surface area contributed by atoms with Crippen LogP contribution in [0.1, 0.15) is 12.6 Å². The lowest BCUT2D eigenvalue weighted by Crippen LogP contribution is -2.28. The highest BCUT2D eigenvalue weighted by molar-refractivity contribution is 9.10. The third-order valence-electron chi connectivity index (χ3n) is 2.95. The van der Waals surface area contributed by atoms with Crippen molar-refractivity contribution in [2.45, 2.75) is 13.5 Å². The summed E-state index contributed by atoms with van der Waals surface area (Å²) >= 11 is 3.34. The SMILES string of the molecule is CCO/C=C/c1nn(CC(=O)OC)c(=O)c2cc(Br)ccc12. The van der Waals surface area contributed by atoms with Crippen molar-refractivity contribution in [2.75, 3.05) is 13.7 Å². The molecule has 1 aromatic heterocycles. The van der Waals surface area contributed by atoms with Gasteiger partial charge in [0.1, 0.15) is 6.54 Å². The van der Waals surface area contributed by atoms with E-state index in [1.165, 1.54) is 13.4 Å². The third-order valence-corrected chi connectivity index (χ3v) is 3.44. The second-order valence-electron chi connectivity index (χ2n) is 4.37. The van der Waals surface area contributed by atoms with Crippen molar-refractivity contribution >= 4 is 38.7 Å². The van der Waals surface area contributed by atoms with E-state index >= 15 is 0 Å². The van der Waals surface area contributed by atoms with E-state index in [1.807, 2.05) is 13.0 Å². The fourth-order valence-corrected chi connectivity index (χ4v) is 2.27. The molecule has 0 amide bonds. The van der Waals surface area contributed by atoms with E-state index in [0.717, 1.165) is 9.15 Å². The third kappa shape index (κ3) is 3.54. The van der Waals surface area contributed by atoms with Crippen LogP contribution in [-0.2, 0) is 20.8 Å². The minimum Gasteiger partial charge on any atom is -0.501 e. The molecule has 1 aromatic carbocycles. The van der Waals surface area contributed by atoms with Gasteiger partial charge in [-0.1, -0.05) is 22.0 Å². The summed E-state index contributed by atoms with van der Waals surface area (Å²) < 4.78 is 11.6. The summed E-state index contributed by atoms with van der Waals surface area (Å²) in [6, 6.07) is 5.32. The number of fused-ring (bicyclic) bond motifs is 1. The van der Waals surface area contributed by atoms with E-state index < -0.39 is 5.97 Å². The van der Waals surface area contributed by atoms with Gasteiger partial charge in [0.2, 0.25) is 0 Å². The predicted octanol–water partition coefficient (Wildman–Crippen LogP) is 2.34. The number of benzene rings is 1. The Balaban J connectivity index is 2.63. The van der Waals surface area contributed by atoms with E-state index in [9.17, 15) is 9.59 Å². The van der Waals surface area contributed by atoms with Gasteiger partial charge in [0.15, 0.2) is 0 Å². The summed E-state index contributed by atoms with van der Waals surface area (Å²) in [5.74, 6) is -0.538. The molecule has 0 saturated heterocycles. The summed E-state index contributed by atoms with van der Waals surface area (Å²) in [7, 11) is 1.26. The van der Waals surface area contributed by atoms with Crippen LogP contribution in [0.4, 0.5) is 0 Å². The largest absolute Gasteiger partial charge is 0.501 e. The van der Waals surface area contributed by atoms with Gasteiger partial charge in [0, 0.05) is 15.9 Å². The smallest absolute Gasteiger partial charge is 0.327 e. The Morgan fingerprint density at radius 2 is 2.18 bits per heavy atom. The molecule has 0 atom stereocenters. The van der Waals surface area contributed by atoms with Gasteiger partial charge in [0.25, 0.3) is 5.56 Å². The molecule has 7 heteroatoms. The molecule has 0 bridgehead atoms. The van der Waals surface area contributed by atoms with Gasteiger partial charge in [0.05, 0.1) is 31.1 Å². The number of halogens is 1. The monoisotopic (exact) mass is 366 g/mol. The Hall–Kier alpha value is -2.15. The molecule has 0 fully saturated rings. The van der Waals surface area contributed by atoms with Crippen molar-refractivity contribution in [1.82, 2.24) is 9.78 Å². The van der Waals surface area contributed by atoms with Gasteiger partial charge < -0.3 is 9.47 Å². The zero-order valence-corrected chi connectivity index (χ0v) is 13.8. The van der Waals surface area contributed by atoms with Crippen LogP contribution in [-0.4, -0.2) is 29.5 Å². The number of methoxy groups -OCH3 is 1. The van der Waals surface area contributed by atoms with Gasteiger partial charge in [-0.3, -0.25) is 9.59 Å². The number of nitrogens with zero attached hydrogens (tertiary/aromatic N) is 2. The number of carbonyl (C=O) groups is 1. The second-order valence-corrected chi connectivity index (χ2v) is 5.29. The summed E-state index contributed by atoms with van der Waals surface area (Å²) in [5, 5.41) is 5.36. The fourth-order valence-electron chi connectivity index (χ4n) is 1.91. The van der Waals surface area contributed by atoms with Crippen LogP contribution in [0.25, 0.3) is 16.8 Å². The van der Waals surface area contributed by atoms with Crippen molar-refractivity contribution in [2.24, 2.45) is 0 Å². The Morgan fingerprint density at radius 1 is 1.41 bits per heavy atom. The first kappa shape index (κ1) is 16.2. The van der Waals surface area contributed by atoms with E-state index in [0.29, 0.717) is 23.1 Å². The van der Waals surface area contributed by atoms with Gasteiger partial charge >= 0.3 is 5.97 Å². The first-order valence-corrected chi connectivity index (χ1v) is 7.41. The molecule has 0 radical (unpaired) electrons. The lowest BCUT2D eigenvalue weighted by Gasteiger charge is -2.08. The second kappa shape index (κ2) is 7.22. The van der Waals surface area contributed by atoms with Crippen molar-refractivity contribution < 1.29 is 14.3 Å². The van der Waals surface area contributed by atoms with Crippen LogP contribution in [0.15, 0.2) is 33.7 Å². The highest BCUT2D eigenvalue weighted by atomic mass is 79.9. The van der Waals surface area contributed by atoms with Crippen molar-refractivity contribution in [3.05, 3.63) is 45.0 Å². The van der Waals surface area contributed by atoms with Crippen molar-refractivity contribution in [3.63, 3.8) is 0 Å². The number of hydrogen-bond donors (Lipinski definition) is 0. The molecule has 0 N–H and O–H groups in total. The predicted molar refractivity (Wildman–Crippen MR) is 86.4 cm³/mol. The van der Waals surface area contributed by atoms with Crippen LogP contribution in [0, 0.1) is 0 Å². The van der Waals surface area contributed by atoms with Gasteiger partial charge in [-0.2, -0.15) is 5.10 Å². The summed E-state index contributed by atoms with van der Waals surface area (Å²) in [6.45, 7) is 2.15. The standard InChI is InChI=1S/C15H15BrN2O4/c1-3-22-7-6-13-11-5-4-10(16)8-12(11)15(20)18(17-13)9-14(19)21-2/h4-8H,3,9H2,1-2H3/b7-6+. The van der Waals surface area contributed by atoms with Crippen LogP contribution in [0.3, 0.4) is 0 Å². The maximum absolute atomic E-state index is 12.4. The lowest BCUT2D eigenvalue weighted by molar-refractivity contribution is -0.141. The van der Waals surface area contributed by atoms with Crippen LogP contribution in [0.2, 0.25) is 0 Å². The number of rotatable bonds is 5. The van der Waals surface area contributed by atoms with E-state index in [2.05, 4.69) is 25.8 Å². The Labute approximate surface area is 135 Å². The molecule has 1 heterocycles. The topological polar surface area (TPSA) is 70.4 Å². The molecule has 0 aliphatic rings. The van der Waals surface area contributed by atoms with Gasteiger partial charge in [-0.25, -0.2) is 4.68 Å². The molecule has 0 saturated carbocycles. The molecular weight excluding hydrogens is 352 g/mol. The minimum atomic E-state index is -0.538. The van der Waals surface area contributed by atoms with Crippen LogP contribution < -0.4 is 5.56 Å². The molecule has 6 nitrogen and oxygen atoms in total. The van der Waals surface area contributed by atoms with Crippen molar-refractivity contribution in [1.29, 1.82) is 0 Å². The van der Waals surface area contributed by atoms with Gasteiger partial charge in [-0.15, -0.1) is 0 Å². The van der Waals surface area contributed by atoms with E-state index in [-0.39, 0.29) is 12.1 Å². The Bertz CT molecular complexity index is 783. The molecule has 2 aromatic rings. The molecule has 0 spiro atoms. The van der Waals surface area contributed by atoms with E-state index in [4.69, 9.17) is 4.74 Å². The maximum Gasteiger partial charge on any atom is 0.327 e. The Morgan fingerprint density at radius 3 is 2.86 bits per heavy atom. The molecule has 0 aliphatic heterocycles. The highest BCUT2D eigenvalue weighted by Gasteiger charge is 2.12. The molecular formula is C15H15BrN2O4. The maximum atomic E-state index is 12.4. The van der Waals surface area contributed by atoms with Crippen LogP contribution >= 0.6 is 15.9 Å². The average Bonchev–Trinajstić information content (AvgIpc) is 2.51. The molecule has 0 aliphatic carbocycles. The zero-order chi connectivity index (χ0) is 16.1. The number of esters is 1. The molecule has 0 unspecified atom stereocenters. The summed E-state index contributed by atoms with van der Waals surface area (Å²) in [5.41, 5.74) is 0.190. The quantitative estimate of drug-likeness (QED) is 0.599. The van der Waals surface area contributed by atoms with Crippen LogP contribution in [0.5, 0.6) is 0 Å². The minimum absolute atomic E-state index is 0.243. The first-order chi connectivity index (χ1) is 10.6. The zero-order valence-electron chi connectivity index (χ0n) is 12.2. The molecule has 2 rings (SSSR count).